The predicted molar refractivity (Wildman–Crippen MR) is 79.5 cm³/mol. The summed E-state index contributed by atoms with van der Waals surface area (Å²) in [7, 11) is 0. The standard InChI is InChI=1S/C14H25N5/c1-11(2)5-7-16-13-8-14(19-10-18-13)17-9-12-4-3-6-15-12/h8,10-12,15H,3-7,9H2,1-2H3,(H2,16,17,18,19). The molecular formula is C14H25N5. The zero-order valence-electron chi connectivity index (χ0n) is 11.9. The third-order valence-electron chi connectivity index (χ3n) is 3.39. The molecule has 1 fully saturated rings. The lowest BCUT2D eigenvalue weighted by molar-refractivity contribution is 0.606. The van der Waals surface area contributed by atoms with Crippen molar-refractivity contribution in [3.05, 3.63) is 12.4 Å². The Hall–Kier alpha value is -1.36. The van der Waals surface area contributed by atoms with Gasteiger partial charge in [-0.3, -0.25) is 0 Å². The Bertz CT molecular complexity index is 374. The number of nitrogens with zero attached hydrogens (tertiary/aromatic N) is 2. The van der Waals surface area contributed by atoms with Crippen LogP contribution in [-0.2, 0) is 0 Å². The second kappa shape index (κ2) is 7.28. The van der Waals surface area contributed by atoms with Gasteiger partial charge < -0.3 is 16.0 Å². The maximum absolute atomic E-state index is 4.25. The topological polar surface area (TPSA) is 61.9 Å². The van der Waals surface area contributed by atoms with Crippen molar-refractivity contribution in [2.45, 2.75) is 39.2 Å². The molecule has 1 saturated heterocycles. The highest BCUT2D eigenvalue weighted by Gasteiger charge is 2.13. The lowest BCUT2D eigenvalue weighted by atomic mass is 10.1. The molecule has 19 heavy (non-hydrogen) atoms. The zero-order valence-corrected chi connectivity index (χ0v) is 11.9. The molecule has 1 aliphatic rings. The van der Waals surface area contributed by atoms with Crippen LogP contribution >= 0.6 is 0 Å². The molecule has 3 N–H and O–H groups in total. The molecule has 0 bridgehead atoms. The molecule has 0 aliphatic carbocycles. The summed E-state index contributed by atoms with van der Waals surface area (Å²) in [5, 5.41) is 10.2. The minimum absolute atomic E-state index is 0.576. The Morgan fingerprint density at radius 3 is 2.79 bits per heavy atom. The average Bonchev–Trinajstić information content (AvgIpc) is 2.89. The molecule has 1 unspecified atom stereocenters. The summed E-state index contributed by atoms with van der Waals surface area (Å²) in [4.78, 5) is 8.49. The Morgan fingerprint density at radius 1 is 1.32 bits per heavy atom. The summed E-state index contributed by atoms with van der Waals surface area (Å²) in [6.07, 6.45) is 5.29. The largest absolute Gasteiger partial charge is 0.370 e. The van der Waals surface area contributed by atoms with Crippen molar-refractivity contribution in [2.24, 2.45) is 5.92 Å². The Labute approximate surface area is 115 Å². The van der Waals surface area contributed by atoms with Crippen LogP contribution in [0.4, 0.5) is 11.6 Å². The van der Waals surface area contributed by atoms with Crippen molar-refractivity contribution in [1.82, 2.24) is 15.3 Å². The van der Waals surface area contributed by atoms with Gasteiger partial charge in [0.1, 0.15) is 18.0 Å². The molecule has 2 heterocycles. The van der Waals surface area contributed by atoms with E-state index < -0.39 is 0 Å². The minimum atomic E-state index is 0.576. The van der Waals surface area contributed by atoms with Gasteiger partial charge in [-0.25, -0.2) is 9.97 Å². The van der Waals surface area contributed by atoms with Gasteiger partial charge in [-0.2, -0.15) is 0 Å². The fourth-order valence-electron chi connectivity index (χ4n) is 2.20. The van der Waals surface area contributed by atoms with E-state index in [1.165, 1.54) is 12.8 Å². The normalized spacial score (nSPS) is 18.8. The van der Waals surface area contributed by atoms with Crippen LogP contribution in [0.2, 0.25) is 0 Å². The number of anilines is 2. The highest BCUT2D eigenvalue weighted by molar-refractivity contribution is 5.46. The van der Waals surface area contributed by atoms with E-state index in [1.807, 2.05) is 6.07 Å². The van der Waals surface area contributed by atoms with E-state index in [9.17, 15) is 0 Å². The molecule has 0 radical (unpaired) electrons. The Morgan fingerprint density at radius 2 is 2.11 bits per heavy atom. The van der Waals surface area contributed by atoms with E-state index in [1.54, 1.807) is 6.33 Å². The number of nitrogens with one attached hydrogen (secondary N) is 3. The lowest BCUT2D eigenvalue weighted by Crippen LogP contribution is -2.29. The fourth-order valence-corrected chi connectivity index (χ4v) is 2.20. The Kier molecular flexibility index (Phi) is 5.39. The molecule has 5 nitrogen and oxygen atoms in total. The van der Waals surface area contributed by atoms with E-state index in [-0.39, 0.29) is 0 Å². The monoisotopic (exact) mass is 263 g/mol. The SMILES string of the molecule is CC(C)CCNc1cc(NCC2CCCN2)ncn1. The van der Waals surface area contributed by atoms with Gasteiger partial charge in [-0.15, -0.1) is 0 Å². The van der Waals surface area contributed by atoms with Gasteiger partial charge in [0, 0.05) is 25.2 Å². The van der Waals surface area contributed by atoms with E-state index in [4.69, 9.17) is 0 Å². The van der Waals surface area contributed by atoms with E-state index >= 15 is 0 Å². The predicted octanol–water partition coefficient (Wildman–Crippen LogP) is 2.10. The summed E-state index contributed by atoms with van der Waals surface area (Å²) >= 11 is 0. The van der Waals surface area contributed by atoms with Crippen LogP contribution < -0.4 is 16.0 Å². The van der Waals surface area contributed by atoms with Crippen LogP contribution in [0.1, 0.15) is 33.1 Å². The molecule has 0 aromatic carbocycles. The summed E-state index contributed by atoms with van der Waals surface area (Å²) < 4.78 is 0. The highest BCUT2D eigenvalue weighted by Crippen LogP contribution is 2.11. The van der Waals surface area contributed by atoms with Crippen molar-refractivity contribution >= 4 is 11.6 Å². The van der Waals surface area contributed by atoms with E-state index in [0.717, 1.165) is 37.7 Å². The number of hydrogen-bond acceptors (Lipinski definition) is 5. The first-order chi connectivity index (χ1) is 9.24. The molecule has 1 atom stereocenters. The molecule has 0 amide bonds. The molecule has 1 aromatic rings. The Balaban J connectivity index is 1.77. The van der Waals surface area contributed by atoms with Crippen LogP contribution in [0.5, 0.6) is 0 Å². The van der Waals surface area contributed by atoms with Crippen LogP contribution in [0.3, 0.4) is 0 Å². The van der Waals surface area contributed by atoms with Gasteiger partial charge in [0.2, 0.25) is 0 Å². The second-order valence-corrected chi connectivity index (χ2v) is 5.57. The van der Waals surface area contributed by atoms with Crippen LogP contribution in [0.15, 0.2) is 12.4 Å². The molecule has 1 aliphatic heterocycles. The van der Waals surface area contributed by atoms with Crippen molar-refractivity contribution < 1.29 is 0 Å². The van der Waals surface area contributed by atoms with Gasteiger partial charge in [-0.05, 0) is 31.7 Å². The van der Waals surface area contributed by atoms with Gasteiger partial charge in [0.25, 0.3) is 0 Å². The summed E-state index contributed by atoms with van der Waals surface area (Å²) in [6.45, 7) is 7.48. The molecule has 2 rings (SSSR count). The zero-order chi connectivity index (χ0) is 13.5. The second-order valence-electron chi connectivity index (χ2n) is 5.57. The van der Waals surface area contributed by atoms with Gasteiger partial charge in [0.15, 0.2) is 0 Å². The first-order valence-electron chi connectivity index (χ1n) is 7.27. The van der Waals surface area contributed by atoms with Gasteiger partial charge in [0.05, 0.1) is 0 Å². The van der Waals surface area contributed by atoms with E-state index in [2.05, 4.69) is 39.8 Å². The van der Waals surface area contributed by atoms with Crippen molar-refractivity contribution in [3.63, 3.8) is 0 Å². The maximum atomic E-state index is 4.25. The van der Waals surface area contributed by atoms with E-state index in [0.29, 0.717) is 12.0 Å². The number of hydrogen-bond donors (Lipinski definition) is 3. The van der Waals surface area contributed by atoms with Crippen molar-refractivity contribution in [2.75, 3.05) is 30.3 Å². The summed E-state index contributed by atoms with van der Waals surface area (Å²) in [6, 6.07) is 2.56. The van der Waals surface area contributed by atoms with Crippen LogP contribution in [-0.4, -0.2) is 35.6 Å². The minimum Gasteiger partial charge on any atom is -0.370 e. The summed E-state index contributed by atoms with van der Waals surface area (Å²) in [5.41, 5.74) is 0. The first kappa shape index (κ1) is 14.1. The smallest absolute Gasteiger partial charge is 0.131 e. The molecule has 1 aromatic heterocycles. The molecule has 106 valence electrons. The summed E-state index contributed by atoms with van der Waals surface area (Å²) in [5.74, 6) is 2.51. The molecule has 0 saturated carbocycles. The lowest BCUT2D eigenvalue weighted by Gasteiger charge is -2.13. The maximum Gasteiger partial charge on any atom is 0.131 e. The van der Waals surface area contributed by atoms with Gasteiger partial charge in [-0.1, -0.05) is 13.8 Å². The molecule has 5 heteroatoms. The van der Waals surface area contributed by atoms with Gasteiger partial charge >= 0.3 is 0 Å². The third-order valence-corrected chi connectivity index (χ3v) is 3.39. The average molecular weight is 263 g/mol. The molecule has 0 spiro atoms. The van der Waals surface area contributed by atoms with Crippen molar-refractivity contribution in [1.29, 1.82) is 0 Å². The quantitative estimate of drug-likeness (QED) is 0.703. The van der Waals surface area contributed by atoms with Crippen LogP contribution in [0.25, 0.3) is 0 Å². The van der Waals surface area contributed by atoms with Crippen molar-refractivity contribution in [3.8, 4) is 0 Å². The highest BCUT2D eigenvalue weighted by atomic mass is 15.1. The number of rotatable bonds is 7. The fraction of sp³-hybridized carbons (Fsp3) is 0.714. The third kappa shape index (κ3) is 5.03. The van der Waals surface area contributed by atoms with Crippen LogP contribution in [0, 0.1) is 5.92 Å². The number of aromatic nitrogens is 2. The first-order valence-corrected chi connectivity index (χ1v) is 7.27. The molecular weight excluding hydrogens is 238 g/mol.